The van der Waals surface area contributed by atoms with E-state index in [2.05, 4.69) is 311 Å². The van der Waals surface area contributed by atoms with E-state index in [4.69, 9.17) is 64.9 Å². The molecule has 30 heteroatoms. The van der Waals surface area contributed by atoms with Crippen LogP contribution in [0.4, 0.5) is 17.1 Å². The zero-order valence-electron chi connectivity index (χ0n) is 70.4. The molecule has 3 aromatic carbocycles. The standard InChI is InChI=1S/C104H63N9O21/c1-7-10-13-16-19-22-25-28-31-32-35-38-41-44-47-50-53-134-92(116)62-71-56-80-95(119)89(59-71)113-98(122)77-65-74(104(128)131-6)82(106)67-85(77)109-100(124)79-55-70(61-91(115)133-52-49-46-43-40-37-34-30-27-24-21-18-15-12-9-3)57-87(94(79)118)111-96(120)75-63-72(102(126)129-4)81(105)66-84(75)108-99(123)78-54-69(60-90(114)132-51-48-45-42-39-36-33-29-26-23-20-17-14-11-8-2)58-88(93(78)117)112-97(121)76-64-73(103(127)130-5)83(107)68-86(76)110-101(80)125/h1-3,54-59,72-77,81-86,117-119H,60-68,105-107H2,4-6H3,(H,108,123)(H,109,124)(H,110,125)(H,111,120)(H,112,121)(H,113,122). The van der Waals surface area contributed by atoms with Crippen molar-refractivity contribution in [3.05, 3.63) is 69.8 Å². The third-order valence-corrected chi connectivity index (χ3v) is 18.9. The normalized spacial score (nSPS) is 18.3. The molecule has 0 spiro atoms. The van der Waals surface area contributed by atoms with Crippen LogP contribution in [0.15, 0.2) is 36.4 Å². The third-order valence-electron chi connectivity index (χ3n) is 18.9. The van der Waals surface area contributed by atoms with Crippen LogP contribution in [0.3, 0.4) is 0 Å². The fourth-order valence-corrected chi connectivity index (χ4v) is 13.1. The van der Waals surface area contributed by atoms with E-state index in [-0.39, 0.29) is 16.7 Å². The Morgan fingerprint density at radius 2 is 0.507 bits per heavy atom. The van der Waals surface area contributed by atoms with Crippen molar-refractivity contribution in [2.24, 2.45) is 52.7 Å². The van der Waals surface area contributed by atoms with E-state index in [9.17, 15) is 44.1 Å². The van der Waals surface area contributed by atoms with Crippen LogP contribution in [-0.4, -0.2) is 144 Å². The summed E-state index contributed by atoms with van der Waals surface area (Å²) < 4.78 is 30.5. The topological polar surface area (TPSA) is 471 Å². The number of phenols is 3. The van der Waals surface area contributed by atoms with E-state index >= 15 is 28.8 Å². The number of esters is 6. The van der Waals surface area contributed by atoms with Gasteiger partial charge in [0.2, 0.25) is 17.7 Å². The van der Waals surface area contributed by atoms with Crippen LogP contribution in [0.5, 0.6) is 17.2 Å². The lowest BCUT2D eigenvalue weighted by molar-refractivity contribution is -0.149. The van der Waals surface area contributed by atoms with Gasteiger partial charge in [-0.3, -0.25) is 57.5 Å². The number of aromatic hydroxyl groups is 3. The van der Waals surface area contributed by atoms with Crippen LogP contribution in [0.25, 0.3) is 0 Å². The molecule has 7 rings (SSSR count). The van der Waals surface area contributed by atoms with Gasteiger partial charge in [-0.1, -0.05) is 0 Å². The van der Waals surface area contributed by atoms with Gasteiger partial charge in [-0.05, 0) is 222 Å². The van der Waals surface area contributed by atoms with Gasteiger partial charge in [-0.15, -0.1) is 19.3 Å². The van der Waals surface area contributed by atoms with Crippen molar-refractivity contribution in [3.63, 3.8) is 0 Å². The first-order chi connectivity index (χ1) is 64.7. The van der Waals surface area contributed by atoms with Crippen LogP contribution in [0, 0.1) is 334 Å². The van der Waals surface area contributed by atoms with Gasteiger partial charge in [0.25, 0.3) is 17.7 Å². The summed E-state index contributed by atoms with van der Waals surface area (Å²) in [5.41, 5.74) is 15.1. The van der Waals surface area contributed by atoms with Crippen molar-refractivity contribution in [3.8, 4) is 315 Å². The molecule has 3 fully saturated rings. The van der Waals surface area contributed by atoms with Gasteiger partial charge in [-0.25, -0.2) is 0 Å². The Kier molecular flexibility index (Phi) is 40.3. The Morgan fingerprint density at radius 1 is 0.313 bits per heavy atom. The first-order valence-electron chi connectivity index (χ1n) is 38.6. The summed E-state index contributed by atoms with van der Waals surface area (Å²) >= 11 is 0. The minimum Gasteiger partial charge on any atom is -0.505 e. The number of amides is 6. The molecule has 3 aromatic rings. The van der Waals surface area contributed by atoms with E-state index in [0.29, 0.717) is 0 Å². The van der Waals surface area contributed by atoms with E-state index < -0.39 is 252 Å². The monoisotopic (exact) mass is 1770 g/mol. The van der Waals surface area contributed by atoms with Gasteiger partial charge in [0, 0.05) is 167 Å². The predicted molar refractivity (Wildman–Crippen MR) is 480 cm³/mol. The minimum absolute atomic E-state index is 0.214. The number of carbonyl (C=O) groups excluding carboxylic acids is 12. The van der Waals surface area contributed by atoms with Crippen molar-refractivity contribution >= 4 is 88.3 Å². The lowest BCUT2D eigenvalue weighted by Gasteiger charge is -2.38. The van der Waals surface area contributed by atoms with E-state index in [1.807, 2.05) is 0 Å². The van der Waals surface area contributed by atoms with E-state index in [1.165, 1.54) is 0 Å². The number of nitrogens with one attached hydrogen (secondary N) is 6. The average molecular weight is 1770 g/mol. The lowest BCUT2D eigenvalue weighted by atomic mass is 9.74. The second-order valence-electron chi connectivity index (χ2n) is 27.3. The summed E-state index contributed by atoms with van der Waals surface area (Å²) in [5, 5.41) is 52.6. The Morgan fingerprint density at radius 3 is 0.701 bits per heavy atom. The van der Waals surface area contributed by atoms with Crippen LogP contribution in [0.2, 0.25) is 0 Å². The highest BCUT2D eigenvalue weighted by atomic mass is 16.5. The SMILES string of the molecule is C#CC#CC#CC#CC#CC#CC#CC#CC#COC(=O)Cc1cc2c(O)c(c1)C(=O)NC1CC(N)C(C(=O)OC)CC1C(=O)Nc1cc(CC(=O)OC#CC#CC#CC#CC#CC#CC#CC#C)cc(c1O)C(=O)NC1CC(N)C(C(=O)OC)CC1C(=O)Nc1cc(CC(=O)OC#CC#CC#CC#CC#CC#CC#CC#C)cc(c1O)C(=O)NC1CC(N)C(C(=O)OC)CC1C(=O)N2. The highest BCUT2D eigenvalue weighted by Crippen LogP contribution is 2.40. The molecule has 4 aliphatic rings. The number of hydrogen-bond acceptors (Lipinski definition) is 24. The van der Waals surface area contributed by atoms with Gasteiger partial charge < -0.3 is 92.8 Å². The summed E-state index contributed by atoms with van der Waals surface area (Å²) in [6.45, 7) is 0. The number of nitrogens with two attached hydrogens (primary N) is 3. The molecule has 3 aliphatic carbocycles. The van der Waals surface area contributed by atoms with Crippen molar-refractivity contribution < 1.29 is 101 Å². The molecule has 6 bridgehead atoms. The van der Waals surface area contributed by atoms with E-state index in [0.717, 1.165) is 57.7 Å². The number of ether oxygens (including phenoxy) is 6. The minimum atomic E-state index is -1.63. The number of methoxy groups -OCH3 is 3. The molecule has 1 aliphatic heterocycles. The van der Waals surface area contributed by atoms with Crippen molar-refractivity contribution in [1.82, 2.24) is 16.0 Å². The van der Waals surface area contributed by atoms with Gasteiger partial charge in [-0.2, -0.15) is 0 Å². The number of phenolic OH excluding ortho intramolecular Hbond substituents is 3. The average Bonchev–Trinajstić information content (AvgIpc) is 0.848. The number of carbonyl (C=O) groups is 12. The molecule has 30 nitrogen and oxygen atoms in total. The third kappa shape index (κ3) is 32.0. The molecular formula is C104H63N9O21. The number of hydrogen-bond donors (Lipinski definition) is 12. The fraction of sp³-hybridized carbons (Fsp3) is 0.231. The molecule has 6 amide bonds. The Balaban J connectivity index is 1.39. The molecule has 134 heavy (non-hydrogen) atoms. The number of rotatable bonds is 9. The summed E-state index contributed by atoms with van der Waals surface area (Å²) in [5.74, 6) is 78.4. The lowest BCUT2D eigenvalue weighted by Crippen LogP contribution is -2.56. The number of benzene rings is 3. The van der Waals surface area contributed by atoms with Crippen molar-refractivity contribution in [2.45, 2.75) is 94.0 Å². The second-order valence-corrected chi connectivity index (χ2v) is 27.3. The molecule has 650 valence electrons. The van der Waals surface area contributed by atoms with Crippen molar-refractivity contribution in [2.75, 3.05) is 37.3 Å². The number of terminal acetylenes is 3. The molecule has 12 atom stereocenters. The summed E-state index contributed by atoms with van der Waals surface area (Å²) in [6, 6.07) is -2.12. The predicted octanol–water partition coefficient (Wildman–Crippen LogP) is -0.988. The second kappa shape index (κ2) is 53.7. The molecule has 12 unspecified atom stereocenters. The van der Waals surface area contributed by atoms with Crippen LogP contribution in [0.1, 0.15) is 86.3 Å². The zero-order chi connectivity index (χ0) is 97.1. The van der Waals surface area contributed by atoms with Gasteiger partial charge in [0.1, 0.15) is 18.3 Å². The molecule has 1 heterocycles. The molecule has 3 saturated carbocycles. The fourth-order valence-electron chi connectivity index (χ4n) is 13.1. The Bertz CT molecular complexity index is 6740. The summed E-state index contributed by atoms with van der Waals surface area (Å²) in [7, 11) is 3.11. The Labute approximate surface area is 770 Å². The van der Waals surface area contributed by atoms with Crippen molar-refractivity contribution in [1.29, 1.82) is 0 Å². The van der Waals surface area contributed by atoms with Gasteiger partial charge in [0.05, 0.1) is 110 Å². The first-order valence-corrected chi connectivity index (χ1v) is 38.6. The maximum atomic E-state index is 15.3. The molecule has 15 N–H and O–H groups in total. The molecule has 0 aromatic heterocycles. The van der Waals surface area contributed by atoms with Gasteiger partial charge >= 0.3 is 35.8 Å². The molecule has 0 saturated heterocycles. The number of fused-ring (bicyclic) bond motifs is 9. The maximum absolute atomic E-state index is 15.3. The molecular weight excluding hydrogens is 1710 g/mol. The quantitative estimate of drug-likeness (QED) is 0.0530. The zero-order valence-corrected chi connectivity index (χ0v) is 70.4. The first kappa shape index (κ1) is 101. The Hall–Kier alpha value is -20.4. The van der Waals surface area contributed by atoms with E-state index in [1.54, 1.807) is 0 Å². The highest BCUT2D eigenvalue weighted by Gasteiger charge is 2.48. The maximum Gasteiger partial charge on any atom is 0.324 e. The van der Waals surface area contributed by atoms with Crippen LogP contribution >= 0.6 is 0 Å². The van der Waals surface area contributed by atoms with Crippen LogP contribution < -0.4 is 49.1 Å². The number of anilines is 3. The molecule has 0 radical (unpaired) electrons. The largest absolute Gasteiger partial charge is 0.505 e. The summed E-state index contributed by atoms with van der Waals surface area (Å²) in [6.07, 6.45) is 15.9. The summed E-state index contributed by atoms with van der Waals surface area (Å²) in [4.78, 5) is 173. The van der Waals surface area contributed by atoms with Crippen LogP contribution in [-0.2, 0) is 90.8 Å². The highest BCUT2D eigenvalue weighted by molar-refractivity contribution is 6.07. The smallest absolute Gasteiger partial charge is 0.324 e. The van der Waals surface area contributed by atoms with Gasteiger partial charge in [0.15, 0.2) is 17.2 Å².